The lowest BCUT2D eigenvalue weighted by Gasteiger charge is -2.08. The van der Waals surface area contributed by atoms with Gasteiger partial charge in [-0.3, -0.25) is 9.78 Å². The van der Waals surface area contributed by atoms with Gasteiger partial charge < -0.3 is 0 Å². The molecule has 2 aromatic heterocycles. The number of aromatic nitrogens is 3. The molecule has 0 radical (unpaired) electrons. The standard InChI is InChI=1S/C13H6Cl3N3O2/c14-7-2-1-3-8(10(7)16)19-12(20)6-4-5-9(15)17-11(6)18-13(19)21/h1-5H,(H,17,18,21). The topological polar surface area (TPSA) is 67.8 Å². The number of fused-ring (bicyclic) bond motifs is 1. The molecule has 0 fully saturated rings. The van der Waals surface area contributed by atoms with Gasteiger partial charge in [0.2, 0.25) is 0 Å². The highest BCUT2D eigenvalue weighted by Gasteiger charge is 2.14. The van der Waals surface area contributed by atoms with Crippen LogP contribution in [0, 0.1) is 0 Å². The quantitative estimate of drug-likeness (QED) is 0.691. The predicted molar refractivity (Wildman–Crippen MR) is 83.0 cm³/mol. The molecule has 21 heavy (non-hydrogen) atoms. The van der Waals surface area contributed by atoms with Crippen molar-refractivity contribution in [1.29, 1.82) is 0 Å². The number of nitrogens with one attached hydrogen (secondary N) is 1. The molecule has 0 saturated carbocycles. The zero-order valence-corrected chi connectivity index (χ0v) is 12.5. The second-order valence-corrected chi connectivity index (χ2v) is 5.35. The minimum atomic E-state index is -0.675. The van der Waals surface area contributed by atoms with Crippen molar-refractivity contribution in [3.8, 4) is 5.69 Å². The Balaban J connectivity index is 2.44. The monoisotopic (exact) mass is 341 g/mol. The van der Waals surface area contributed by atoms with Crippen molar-refractivity contribution in [1.82, 2.24) is 14.5 Å². The second kappa shape index (κ2) is 5.18. The Morgan fingerprint density at radius 2 is 1.81 bits per heavy atom. The normalized spacial score (nSPS) is 11.0. The molecule has 0 unspecified atom stereocenters. The van der Waals surface area contributed by atoms with E-state index in [-0.39, 0.29) is 31.9 Å². The van der Waals surface area contributed by atoms with E-state index in [2.05, 4.69) is 9.97 Å². The van der Waals surface area contributed by atoms with E-state index in [1.54, 1.807) is 12.1 Å². The Morgan fingerprint density at radius 3 is 2.57 bits per heavy atom. The molecular formula is C13H6Cl3N3O2. The third kappa shape index (κ3) is 2.33. The number of hydrogen-bond acceptors (Lipinski definition) is 3. The number of aromatic amines is 1. The smallest absolute Gasteiger partial charge is 0.291 e. The molecule has 3 aromatic rings. The number of benzene rings is 1. The van der Waals surface area contributed by atoms with Crippen LogP contribution in [0.15, 0.2) is 39.9 Å². The van der Waals surface area contributed by atoms with E-state index in [9.17, 15) is 9.59 Å². The maximum Gasteiger partial charge on any atom is 0.334 e. The van der Waals surface area contributed by atoms with Crippen LogP contribution in [0.25, 0.3) is 16.7 Å². The summed E-state index contributed by atoms with van der Waals surface area (Å²) < 4.78 is 0.909. The van der Waals surface area contributed by atoms with E-state index < -0.39 is 11.2 Å². The van der Waals surface area contributed by atoms with Gasteiger partial charge in [-0.15, -0.1) is 0 Å². The molecule has 0 aliphatic carbocycles. The van der Waals surface area contributed by atoms with Gasteiger partial charge in [0.15, 0.2) is 0 Å². The number of rotatable bonds is 1. The summed E-state index contributed by atoms with van der Waals surface area (Å²) in [6.07, 6.45) is 0. The molecule has 0 saturated heterocycles. The maximum atomic E-state index is 12.5. The Morgan fingerprint density at radius 1 is 1.05 bits per heavy atom. The van der Waals surface area contributed by atoms with Gasteiger partial charge in [0.05, 0.1) is 21.1 Å². The molecule has 8 heteroatoms. The summed E-state index contributed by atoms with van der Waals surface area (Å²) in [5, 5.41) is 0.758. The molecule has 0 amide bonds. The van der Waals surface area contributed by atoms with Crippen molar-refractivity contribution in [3.05, 3.63) is 66.4 Å². The summed E-state index contributed by atoms with van der Waals surface area (Å²) in [6.45, 7) is 0. The van der Waals surface area contributed by atoms with Crippen LogP contribution in [0.3, 0.4) is 0 Å². The molecule has 0 aliphatic rings. The van der Waals surface area contributed by atoms with E-state index in [0.29, 0.717) is 0 Å². The van der Waals surface area contributed by atoms with Crippen LogP contribution in [-0.4, -0.2) is 14.5 Å². The average Bonchev–Trinajstić information content (AvgIpc) is 2.43. The molecule has 5 nitrogen and oxygen atoms in total. The van der Waals surface area contributed by atoms with Crippen molar-refractivity contribution < 1.29 is 0 Å². The first-order valence-electron chi connectivity index (χ1n) is 5.75. The highest BCUT2D eigenvalue weighted by Crippen LogP contribution is 2.27. The van der Waals surface area contributed by atoms with Crippen molar-refractivity contribution in [2.24, 2.45) is 0 Å². The summed E-state index contributed by atoms with van der Waals surface area (Å²) in [4.78, 5) is 31.0. The molecule has 1 aromatic carbocycles. The lowest BCUT2D eigenvalue weighted by Crippen LogP contribution is -2.34. The van der Waals surface area contributed by atoms with Gasteiger partial charge in [-0.2, -0.15) is 0 Å². The molecule has 0 atom stereocenters. The third-order valence-corrected chi connectivity index (χ3v) is 3.91. The van der Waals surface area contributed by atoms with E-state index in [4.69, 9.17) is 34.8 Å². The first-order valence-corrected chi connectivity index (χ1v) is 6.88. The van der Waals surface area contributed by atoms with Gasteiger partial charge in [-0.25, -0.2) is 14.3 Å². The number of nitrogens with zero attached hydrogens (tertiary/aromatic N) is 2. The van der Waals surface area contributed by atoms with Gasteiger partial charge in [-0.1, -0.05) is 40.9 Å². The van der Waals surface area contributed by atoms with Crippen LogP contribution in [0.5, 0.6) is 0 Å². The van der Waals surface area contributed by atoms with Crippen molar-refractivity contribution >= 4 is 45.8 Å². The largest absolute Gasteiger partial charge is 0.334 e. The molecular weight excluding hydrogens is 337 g/mol. The summed E-state index contributed by atoms with van der Waals surface area (Å²) in [6, 6.07) is 7.64. The number of halogens is 3. The number of hydrogen-bond donors (Lipinski definition) is 1. The van der Waals surface area contributed by atoms with Gasteiger partial charge in [0.25, 0.3) is 5.56 Å². The zero-order valence-electron chi connectivity index (χ0n) is 10.2. The zero-order chi connectivity index (χ0) is 15.1. The molecule has 0 bridgehead atoms. The van der Waals surface area contributed by atoms with Gasteiger partial charge >= 0.3 is 5.69 Å². The Labute approximate surface area is 132 Å². The van der Waals surface area contributed by atoms with Crippen LogP contribution in [0.4, 0.5) is 0 Å². The average molecular weight is 343 g/mol. The lowest BCUT2D eigenvalue weighted by molar-refractivity contribution is 0.895. The minimum absolute atomic E-state index is 0.118. The van der Waals surface area contributed by atoms with E-state index >= 15 is 0 Å². The number of pyridine rings is 1. The summed E-state index contributed by atoms with van der Waals surface area (Å²) in [5.74, 6) is 0. The van der Waals surface area contributed by atoms with E-state index in [1.165, 1.54) is 18.2 Å². The molecule has 106 valence electrons. The van der Waals surface area contributed by atoms with Crippen LogP contribution in [0.2, 0.25) is 15.2 Å². The summed E-state index contributed by atoms with van der Waals surface area (Å²) >= 11 is 17.7. The fraction of sp³-hybridized carbons (Fsp3) is 0. The minimum Gasteiger partial charge on any atom is -0.291 e. The summed E-state index contributed by atoms with van der Waals surface area (Å²) in [5.41, 5.74) is -0.910. The Kier molecular flexibility index (Phi) is 3.49. The SMILES string of the molecule is O=c1[nH]c2nc(Cl)ccc2c(=O)n1-c1cccc(Cl)c1Cl. The number of H-pyrrole nitrogens is 1. The second-order valence-electron chi connectivity index (χ2n) is 4.17. The summed E-state index contributed by atoms with van der Waals surface area (Å²) in [7, 11) is 0. The highest BCUT2D eigenvalue weighted by atomic mass is 35.5. The van der Waals surface area contributed by atoms with Crippen molar-refractivity contribution in [2.45, 2.75) is 0 Å². The fourth-order valence-corrected chi connectivity index (χ4v) is 2.48. The van der Waals surface area contributed by atoms with Gasteiger partial charge in [0.1, 0.15) is 10.8 Å². The molecule has 3 rings (SSSR count). The van der Waals surface area contributed by atoms with Crippen LogP contribution in [0.1, 0.15) is 0 Å². The fourth-order valence-electron chi connectivity index (χ4n) is 1.96. The van der Waals surface area contributed by atoms with Crippen LogP contribution in [-0.2, 0) is 0 Å². The molecule has 0 aliphatic heterocycles. The molecule has 0 spiro atoms. The Bertz CT molecular complexity index is 979. The molecule has 1 N–H and O–H groups in total. The van der Waals surface area contributed by atoms with E-state index in [1.807, 2.05) is 0 Å². The first-order chi connectivity index (χ1) is 9.99. The molecule has 2 heterocycles. The van der Waals surface area contributed by atoms with Gasteiger partial charge in [0, 0.05) is 0 Å². The predicted octanol–water partition coefficient (Wildman–Crippen LogP) is 3.03. The maximum absolute atomic E-state index is 12.5. The van der Waals surface area contributed by atoms with E-state index in [0.717, 1.165) is 4.57 Å². The first kappa shape index (κ1) is 14.1. The Hall–Kier alpha value is -1.82. The van der Waals surface area contributed by atoms with Crippen molar-refractivity contribution in [3.63, 3.8) is 0 Å². The van der Waals surface area contributed by atoms with Crippen LogP contribution < -0.4 is 11.2 Å². The van der Waals surface area contributed by atoms with Crippen molar-refractivity contribution in [2.75, 3.05) is 0 Å². The highest BCUT2D eigenvalue weighted by molar-refractivity contribution is 6.43. The third-order valence-electron chi connectivity index (χ3n) is 2.90. The van der Waals surface area contributed by atoms with Gasteiger partial charge in [-0.05, 0) is 24.3 Å². The lowest BCUT2D eigenvalue weighted by atomic mass is 10.3. The van der Waals surface area contributed by atoms with Crippen LogP contribution >= 0.6 is 34.8 Å².